The first-order chi connectivity index (χ1) is 9.91. The van der Waals surface area contributed by atoms with Crippen LogP contribution in [0.4, 0.5) is 0 Å². The van der Waals surface area contributed by atoms with Gasteiger partial charge in [-0.1, -0.05) is 12.1 Å². The first kappa shape index (κ1) is 14.4. The number of hydrogen-bond donors (Lipinski definition) is 0. The number of fused-ring (bicyclic) bond motifs is 1. The summed E-state index contributed by atoms with van der Waals surface area (Å²) < 4.78 is 29.8. The molecule has 21 heavy (non-hydrogen) atoms. The number of aryl methyl sites for hydroxylation is 2. The molecule has 3 rings (SSSR count). The predicted molar refractivity (Wildman–Crippen MR) is 82.7 cm³/mol. The number of hydrogen-bond acceptors (Lipinski definition) is 2. The van der Waals surface area contributed by atoms with E-state index < -0.39 is 10.0 Å². The summed E-state index contributed by atoms with van der Waals surface area (Å²) in [6.45, 7) is 6.94. The Hall–Kier alpha value is -1.59. The lowest BCUT2D eigenvalue weighted by Crippen LogP contribution is -2.40. The van der Waals surface area contributed by atoms with E-state index in [4.69, 9.17) is 0 Å². The van der Waals surface area contributed by atoms with Gasteiger partial charge in [-0.25, -0.2) is 8.42 Å². The van der Waals surface area contributed by atoms with Gasteiger partial charge in [-0.15, -0.1) is 0 Å². The summed E-state index contributed by atoms with van der Waals surface area (Å²) in [6, 6.07) is 9.41. The van der Waals surface area contributed by atoms with E-state index >= 15 is 0 Å². The van der Waals surface area contributed by atoms with Crippen molar-refractivity contribution in [3.63, 3.8) is 0 Å². The Balaban J connectivity index is 2.05. The molecule has 0 aliphatic carbocycles. The van der Waals surface area contributed by atoms with Gasteiger partial charge < -0.3 is 4.57 Å². The minimum Gasteiger partial charge on any atom is -0.349 e. The number of aromatic nitrogens is 1. The number of rotatable bonds is 2. The lowest BCUT2D eigenvalue weighted by molar-refractivity contribution is 0.282. The molecule has 2 heterocycles. The van der Waals surface area contributed by atoms with Crippen LogP contribution in [-0.2, 0) is 16.6 Å². The highest BCUT2D eigenvalue weighted by Crippen LogP contribution is 2.32. The molecule has 1 aliphatic rings. The summed E-state index contributed by atoms with van der Waals surface area (Å²) in [4.78, 5) is 0.425. The van der Waals surface area contributed by atoms with E-state index in [1.54, 1.807) is 10.4 Å². The maximum atomic E-state index is 13.0. The van der Waals surface area contributed by atoms with Crippen molar-refractivity contribution < 1.29 is 8.42 Å². The first-order valence-electron chi connectivity index (χ1n) is 7.15. The smallest absolute Gasteiger partial charge is 0.244 e. The molecule has 0 N–H and O–H groups in total. The lowest BCUT2D eigenvalue weighted by Gasteiger charge is -2.34. The van der Waals surface area contributed by atoms with Crippen molar-refractivity contribution in [2.24, 2.45) is 0 Å². The molecule has 1 aromatic carbocycles. The van der Waals surface area contributed by atoms with Crippen LogP contribution in [-0.4, -0.2) is 23.8 Å². The third-order valence-corrected chi connectivity index (χ3v) is 6.33. The van der Waals surface area contributed by atoms with E-state index in [1.165, 1.54) is 0 Å². The maximum absolute atomic E-state index is 13.0. The second-order valence-electron chi connectivity index (χ2n) is 5.69. The SMILES string of the molecule is Cc1ccc(C)c(S(=O)(=O)N2CCn3cccc3C2C)c1. The molecule has 0 bridgehead atoms. The van der Waals surface area contributed by atoms with Crippen molar-refractivity contribution >= 4 is 10.0 Å². The third-order valence-electron chi connectivity index (χ3n) is 4.22. The van der Waals surface area contributed by atoms with Crippen molar-refractivity contribution in [1.82, 2.24) is 8.87 Å². The Morgan fingerprint density at radius 3 is 2.67 bits per heavy atom. The monoisotopic (exact) mass is 304 g/mol. The molecule has 0 amide bonds. The summed E-state index contributed by atoms with van der Waals surface area (Å²) in [6.07, 6.45) is 2.01. The van der Waals surface area contributed by atoms with Crippen molar-refractivity contribution in [2.75, 3.05) is 6.54 Å². The molecule has 112 valence electrons. The van der Waals surface area contributed by atoms with E-state index in [2.05, 4.69) is 4.57 Å². The van der Waals surface area contributed by atoms with Crippen LogP contribution in [0.5, 0.6) is 0 Å². The number of benzene rings is 1. The maximum Gasteiger partial charge on any atom is 0.244 e. The van der Waals surface area contributed by atoms with Crippen molar-refractivity contribution in [3.8, 4) is 0 Å². The van der Waals surface area contributed by atoms with Gasteiger partial charge in [0.25, 0.3) is 0 Å². The van der Waals surface area contributed by atoms with Crippen LogP contribution >= 0.6 is 0 Å². The van der Waals surface area contributed by atoms with Crippen molar-refractivity contribution in [3.05, 3.63) is 53.3 Å². The predicted octanol–water partition coefficient (Wildman–Crippen LogP) is 2.87. The fraction of sp³-hybridized carbons (Fsp3) is 0.375. The van der Waals surface area contributed by atoms with E-state index in [1.807, 2.05) is 51.2 Å². The second-order valence-corrected chi connectivity index (χ2v) is 7.55. The molecule has 1 unspecified atom stereocenters. The molecule has 0 spiro atoms. The highest BCUT2D eigenvalue weighted by Gasteiger charge is 2.34. The van der Waals surface area contributed by atoms with Crippen molar-refractivity contribution in [1.29, 1.82) is 0 Å². The Labute approximate surface area is 126 Å². The molecular formula is C16H20N2O2S. The summed E-state index contributed by atoms with van der Waals surface area (Å²) in [5.41, 5.74) is 2.82. The Morgan fingerprint density at radius 2 is 1.90 bits per heavy atom. The Morgan fingerprint density at radius 1 is 1.14 bits per heavy atom. The van der Waals surface area contributed by atoms with Gasteiger partial charge in [0.15, 0.2) is 0 Å². The molecule has 2 aromatic rings. The van der Waals surface area contributed by atoms with Gasteiger partial charge in [-0.2, -0.15) is 4.31 Å². The van der Waals surface area contributed by atoms with Gasteiger partial charge in [-0.05, 0) is 50.1 Å². The van der Waals surface area contributed by atoms with E-state index in [9.17, 15) is 8.42 Å². The van der Waals surface area contributed by atoms with Crippen LogP contribution in [0.25, 0.3) is 0 Å². The van der Waals surface area contributed by atoms with E-state index in [-0.39, 0.29) is 6.04 Å². The highest BCUT2D eigenvalue weighted by atomic mass is 32.2. The van der Waals surface area contributed by atoms with Gasteiger partial charge >= 0.3 is 0 Å². The molecule has 1 atom stereocenters. The topological polar surface area (TPSA) is 42.3 Å². The van der Waals surface area contributed by atoms with Crippen LogP contribution in [0.2, 0.25) is 0 Å². The van der Waals surface area contributed by atoms with Gasteiger partial charge in [0.1, 0.15) is 0 Å². The minimum absolute atomic E-state index is 0.140. The summed E-state index contributed by atoms with van der Waals surface area (Å²) in [5, 5.41) is 0. The zero-order chi connectivity index (χ0) is 15.2. The number of nitrogens with zero attached hydrogens (tertiary/aromatic N) is 2. The normalized spacial score (nSPS) is 19.5. The zero-order valence-corrected chi connectivity index (χ0v) is 13.4. The molecule has 0 radical (unpaired) electrons. The summed E-state index contributed by atoms with van der Waals surface area (Å²) in [7, 11) is -3.47. The molecular weight excluding hydrogens is 284 g/mol. The molecule has 4 nitrogen and oxygen atoms in total. The molecule has 0 saturated heterocycles. The van der Waals surface area contributed by atoms with E-state index in [0.29, 0.717) is 18.0 Å². The average molecular weight is 304 g/mol. The van der Waals surface area contributed by atoms with Gasteiger partial charge in [-0.3, -0.25) is 0 Å². The second kappa shape index (κ2) is 5.00. The molecule has 0 saturated carbocycles. The first-order valence-corrected chi connectivity index (χ1v) is 8.59. The fourth-order valence-corrected chi connectivity index (χ4v) is 4.91. The molecule has 0 fully saturated rings. The Bertz CT molecular complexity index is 777. The molecule has 5 heteroatoms. The minimum atomic E-state index is -3.47. The average Bonchev–Trinajstić information content (AvgIpc) is 2.91. The largest absolute Gasteiger partial charge is 0.349 e. The van der Waals surface area contributed by atoms with Crippen molar-refractivity contribution in [2.45, 2.75) is 38.3 Å². The van der Waals surface area contributed by atoms with Crippen LogP contribution < -0.4 is 0 Å². The van der Waals surface area contributed by atoms with Crippen LogP contribution in [0.15, 0.2) is 41.4 Å². The van der Waals surface area contributed by atoms with Gasteiger partial charge in [0, 0.05) is 25.0 Å². The summed E-state index contributed by atoms with van der Waals surface area (Å²) in [5.74, 6) is 0. The molecule has 1 aromatic heterocycles. The third kappa shape index (κ3) is 2.30. The summed E-state index contributed by atoms with van der Waals surface area (Å²) >= 11 is 0. The van der Waals surface area contributed by atoms with Crippen LogP contribution in [0.1, 0.15) is 29.8 Å². The standard InChI is InChI=1S/C16H20N2O2S/c1-12-6-7-13(2)16(11-12)21(19,20)18-10-9-17-8-4-5-15(17)14(18)3/h4-8,11,14H,9-10H2,1-3H3. The van der Waals surface area contributed by atoms with Gasteiger partial charge in [0.2, 0.25) is 10.0 Å². The number of sulfonamides is 1. The lowest BCUT2D eigenvalue weighted by atomic mass is 10.2. The van der Waals surface area contributed by atoms with Crippen LogP contribution in [0, 0.1) is 13.8 Å². The highest BCUT2D eigenvalue weighted by molar-refractivity contribution is 7.89. The van der Waals surface area contributed by atoms with Crippen LogP contribution in [0.3, 0.4) is 0 Å². The fourth-order valence-electron chi connectivity index (χ4n) is 3.00. The Kier molecular flexibility index (Phi) is 3.42. The van der Waals surface area contributed by atoms with Gasteiger partial charge in [0.05, 0.1) is 10.9 Å². The quantitative estimate of drug-likeness (QED) is 0.856. The zero-order valence-electron chi connectivity index (χ0n) is 12.6. The van der Waals surface area contributed by atoms with E-state index in [0.717, 1.165) is 16.8 Å². The molecule has 1 aliphatic heterocycles.